The fraction of sp³-hybridized carbons (Fsp3) is 0.308. The van der Waals surface area contributed by atoms with Crippen molar-refractivity contribution in [2.75, 3.05) is 18.0 Å². The molecule has 0 radical (unpaired) electrons. The van der Waals surface area contributed by atoms with Gasteiger partial charge < -0.3 is 4.90 Å². The average Bonchev–Trinajstić information content (AvgIpc) is 2.37. The molecule has 19 heavy (non-hydrogen) atoms. The minimum absolute atomic E-state index is 0.0569. The van der Waals surface area contributed by atoms with Gasteiger partial charge in [0.1, 0.15) is 5.82 Å². The van der Waals surface area contributed by atoms with E-state index < -0.39 is 17.6 Å². The molecule has 2 rings (SSSR count). The van der Waals surface area contributed by atoms with Gasteiger partial charge in [-0.2, -0.15) is 13.2 Å². The number of rotatable bonds is 2. The number of carbonyl (C=O) groups excluding carboxylic acids is 1. The molecule has 0 atom stereocenters. The van der Waals surface area contributed by atoms with Gasteiger partial charge in [0.25, 0.3) is 0 Å². The number of aldehydes is 1. The monoisotopic (exact) mass is 273 g/mol. The van der Waals surface area contributed by atoms with E-state index >= 15 is 0 Å². The van der Waals surface area contributed by atoms with Crippen molar-refractivity contribution in [3.05, 3.63) is 41.2 Å². The summed E-state index contributed by atoms with van der Waals surface area (Å²) < 4.78 is 50.4. The van der Waals surface area contributed by atoms with E-state index in [-0.39, 0.29) is 25.1 Å². The van der Waals surface area contributed by atoms with Gasteiger partial charge in [-0.15, -0.1) is 0 Å². The van der Waals surface area contributed by atoms with E-state index in [1.54, 1.807) is 4.90 Å². The van der Waals surface area contributed by atoms with E-state index in [2.05, 4.69) is 0 Å². The first kappa shape index (κ1) is 13.6. The summed E-state index contributed by atoms with van der Waals surface area (Å²) in [5.74, 6) is -0.547. The maximum absolute atomic E-state index is 13.0. The molecule has 0 bridgehead atoms. The molecular weight excluding hydrogens is 262 g/mol. The molecule has 0 amide bonds. The van der Waals surface area contributed by atoms with Gasteiger partial charge in [-0.1, -0.05) is 6.08 Å². The lowest BCUT2D eigenvalue weighted by Gasteiger charge is -2.30. The van der Waals surface area contributed by atoms with Crippen LogP contribution in [0.15, 0.2) is 29.8 Å². The number of hydrogen-bond acceptors (Lipinski definition) is 2. The second kappa shape index (κ2) is 5.03. The summed E-state index contributed by atoms with van der Waals surface area (Å²) in [5, 5.41) is 0. The molecule has 1 aromatic rings. The smallest absolute Gasteiger partial charge is 0.367 e. The van der Waals surface area contributed by atoms with Crippen LogP contribution >= 0.6 is 0 Å². The van der Waals surface area contributed by atoms with Crippen molar-refractivity contribution in [1.82, 2.24) is 0 Å². The Hall–Kier alpha value is -1.85. The Kier molecular flexibility index (Phi) is 3.59. The number of alkyl halides is 3. The number of benzene rings is 1. The SMILES string of the molecule is O=Cc1cc(F)ccc1N1CC=C(C(F)(F)F)CC1. The fourth-order valence-electron chi connectivity index (χ4n) is 2.05. The van der Waals surface area contributed by atoms with Crippen molar-refractivity contribution in [3.63, 3.8) is 0 Å². The van der Waals surface area contributed by atoms with Gasteiger partial charge in [0, 0.05) is 29.9 Å². The van der Waals surface area contributed by atoms with Crippen molar-refractivity contribution < 1.29 is 22.4 Å². The van der Waals surface area contributed by atoms with Crippen LogP contribution in [0.3, 0.4) is 0 Å². The first-order valence-corrected chi connectivity index (χ1v) is 5.67. The molecule has 1 aliphatic rings. The van der Waals surface area contributed by atoms with E-state index in [4.69, 9.17) is 0 Å². The summed E-state index contributed by atoms with van der Waals surface area (Å²) in [6.45, 7) is 0.207. The zero-order valence-electron chi connectivity index (χ0n) is 9.88. The van der Waals surface area contributed by atoms with Crippen molar-refractivity contribution in [3.8, 4) is 0 Å². The first-order valence-electron chi connectivity index (χ1n) is 5.67. The van der Waals surface area contributed by atoms with Crippen LogP contribution < -0.4 is 4.90 Å². The Balaban J connectivity index is 2.23. The third kappa shape index (κ3) is 2.94. The molecule has 0 unspecified atom stereocenters. The van der Waals surface area contributed by atoms with Crippen molar-refractivity contribution in [2.45, 2.75) is 12.6 Å². The van der Waals surface area contributed by atoms with E-state index in [1.165, 1.54) is 12.1 Å². The Morgan fingerprint density at radius 2 is 2.00 bits per heavy atom. The molecule has 102 valence electrons. The standard InChI is InChI=1S/C13H11F4NO/c14-11-1-2-12(9(7-11)8-19)18-5-3-10(4-6-18)13(15,16)17/h1-3,7-8H,4-6H2. The summed E-state index contributed by atoms with van der Waals surface area (Å²) in [4.78, 5) is 12.5. The normalized spacial score (nSPS) is 16.2. The molecule has 0 aromatic heterocycles. The Labute approximate surface area is 107 Å². The van der Waals surface area contributed by atoms with Crippen molar-refractivity contribution in [1.29, 1.82) is 0 Å². The lowest BCUT2D eigenvalue weighted by atomic mass is 10.1. The lowest BCUT2D eigenvalue weighted by molar-refractivity contribution is -0.0944. The minimum Gasteiger partial charge on any atom is -0.367 e. The first-order chi connectivity index (χ1) is 8.91. The van der Waals surface area contributed by atoms with Crippen LogP contribution in [0.2, 0.25) is 0 Å². The molecule has 1 aliphatic heterocycles. The minimum atomic E-state index is -4.30. The number of halogens is 4. The highest BCUT2D eigenvalue weighted by atomic mass is 19.4. The Morgan fingerprint density at radius 3 is 2.53 bits per heavy atom. The van der Waals surface area contributed by atoms with E-state index in [9.17, 15) is 22.4 Å². The molecule has 1 aromatic carbocycles. The number of hydrogen-bond donors (Lipinski definition) is 0. The van der Waals surface area contributed by atoms with E-state index in [0.29, 0.717) is 12.0 Å². The molecule has 0 N–H and O–H groups in total. The zero-order valence-corrected chi connectivity index (χ0v) is 9.88. The molecule has 2 nitrogen and oxygen atoms in total. The second-order valence-corrected chi connectivity index (χ2v) is 4.24. The third-order valence-electron chi connectivity index (χ3n) is 3.03. The zero-order chi connectivity index (χ0) is 14.0. The molecular formula is C13H11F4NO. The van der Waals surface area contributed by atoms with Crippen molar-refractivity contribution in [2.24, 2.45) is 0 Å². The summed E-state index contributed by atoms with van der Waals surface area (Å²) in [5.41, 5.74) is 0.0382. The van der Waals surface area contributed by atoms with Gasteiger partial charge in [0.05, 0.1) is 0 Å². The largest absolute Gasteiger partial charge is 0.412 e. The van der Waals surface area contributed by atoms with Crippen molar-refractivity contribution >= 4 is 12.0 Å². The highest BCUT2D eigenvalue weighted by Crippen LogP contribution is 2.32. The number of nitrogens with zero attached hydrogens (tertiary/aromatic N) is 1. The Morgan fingerprint density at radius 1 is 1.26 bits per heavy atom. The van der Waals surface area contributed by atoms with Gasteiger partial charge in [0.15, 0.2) is 6.29 Å². The van der Waals surface area contributed by atoms with E-state index in [0.717, 1.165) is 12.1 Å². The highest BCUT2D eigenvalue weighted by Gasteiger charge is 2.34. The van der Waals surface area contributed by atoms with Crippen LogP contribution in [0.5, 0.6) is 0 Å². The second-order valence-electron chi connectivity index (χ2n) is 4.24. The molecule has 6 heteroatoms. The summed E-state index contributed by atoms with van der Waals surface area (Å²) in [7, 11) is 0. The van der Waals surface area contributed by atoms with Gasteiger partial charge in [-0.05, 0) is 24.6 Å². The maximum atomic E-state index is 13.0. The summed E-state index contributed by atoms with van der Waals surface area (Å²) >= 11 is 0. The van der Waals surface area contributed by atoms with Crippen LogP contribution in [0.4, 0.5) is 23.2 Å². The van der Waals surface area contributed by atoms with E-state index in [1.807, 2.05) is 0 Å². The quantitative estimate of drug-likeness (QED) is 0.468. The van der Waals surface area contributed by atoms with Gasteiger partial charge >= 0.3 is 6.18 Å². The number of anilines is 1. The van der Waals surface area contributed by atoms with Crippen LogP contribution in [0.1, 0.15) is 16.8 Å². The predicted molar refractivity (Wildman–Crippen MR) is 62.8 cm³/mol. The molecule has 0 fully saturated rings. The topological polar surface area (TPSA) is 20.3 Å². The Bertz CT molecular complexity index is 522. The summed E-state index contributed by atoms with van der Waals surface area (Å²) in [6.07, 6.45) is -2.84. The summed E-state index contributed by atoms with van der Waals surface area (Å²) in [6, 6.07) is 3.67. The lowest BCUT2D eigenvalue weighted by Crippen LogP contribution is -2.32. The third-order valence-corrected chi connectivity index (χ3v) is 3.03. The average molecular weight is 273 g/mol. The van der Waals surface area contributed by atoms with Crippen LogP contribution in [-0.2, 0) is 0 Å². The van der Waals surface area contributed by atoms with Gasteiger partial charge in [-0.3, -0.25) is 4.79 Å². The fourth-order valence-corrected chi connectivity index (χ4v) is 2.05. The highest BCUT2D eigenvalue weighted by molar-refractivity contribution is 5.84. The maximum Gasteiger partial charge on any atom is 0.412 e. The molecule has 1 heterocycles. The van der Waals surface area contributed by atoms with Gasteiger partial charge in [0.2, 0.25) is 0 Å². The number of carbonyl (C=O) groups is 1. The molecule has 0 saturated heterocycles. The van der Waals surface area contributed by atoms with Crippen LogP contribution in [0, 0.1) is 5.82 Å². The van der Waals surface area contributed by atoms with Crippen LogP contribution in [-0.4, -0.2) is 25.6 Å². The molecule has 0 saturated carbocycles. The van der Waals surface area contributed by atoms with Crippen LogP contribution in [0.25, 0.3) is 0 Å². The predicted octanol–water partition coefficient (Wildman–Crippen LogP) is 3.34. The molecule has 0 spiro atoms. The van der Waals surface area contributed by atoms with Gasteiger partial charge in [-0.25, -0.2) is 4.39 Å². The molecule has 0 aliphatic carbocycles.